The van der Waals surface area contributed by atoms with Crippen LogP contribution in [0.25, 0.3) is 0 Å². The van der Waals surface area contributed by atoms with E-state index in [1.165, 1.54) is 14.2 Å². The number of methoxy groups -OCH3 is 2. The predicted octanol–water partition coefficient (Wildman–Crippen LogP) is 2.58. The topological polar surface area (TPSA) is 106 Å². The van der Waals surface area contributed by atoms with Gasteiger partial charge >= 0.3 is 0 Å². The zero-order chi connectivity index (χ0) is 23.4. The van der Waals surface area contributed by atoms with Gasteiger partial charge in [-0.15, -0.1) is 0 Å². The molecule has 1 amide bonds. The van der Waals surface area contributed by atoms with Crippen molar-refractivity contribution >= 4 is 15.9 Å². The highest BCUT2D eigenvalue weighted by molar-refractivity contribution is 7.89. The first-order chi connectivity index (χ1) is 15.9. The zero-order valence-electron chi connectivity index (χ0n) is 18.2. The Kier molecular flexibility index (Phi) is 6.64. The average molecular weight is 468 g/mol. The van der Waals surface area contributed by atoms with E-state index in [9.17, 15) is 13.2 Å². The summed E-state index contributed by atoms with van der Waals surface area (Å²) in [7, 11) is -0.724. The Morgan fingerprint density at radius 2 is 1.55 bits per heavy atom. The van der Waals surface area contributed by atoms with Gasteiger partial charge < -0.3 is 9.47 Å². The Morgan fingerprint density at radius 3 is 2.21 bits per heavy atom. The summed E-state index contributed by atoms with van der Waals surface area (Å²) in [5.74, 6) is 0.569. The molecule has 1 aliphatic rings. The van der Waals surface area contributed by atoms with Crippen molar-refractivity contribution in [2.45, 2.75) is 23.4 Å². The molecular formula is C24H25N3O5S. The lowest BCUT2D eigenvalue weighted by Crippen LogP contribution is -2.48. The molecule has 0 heterocycles. The van der Waals surface area contributed by atoms with Gasteiger partial charge in [-0.2, -0.15) is 0 Å². The fraction of sp³-hybridized carbons (Fsp3) is 0.208. The molecule has 0 bridgehead atoms. The molecule has 0 spiro atoms. The second kappa shape index (κ2) is 9.62. The quantitative estimate of drug-likeness (QED) is 0.440. The van der Waals surface area contributed by atoms with Gasteiger partial charge in [-0.05, 0) is 41.8 Å². The molecule has 0 saturated carbocycles. The number of amides is 1. The molecule has 0 aromatic heterocycles. The van der Waals surface area contributed by atoms with Gasteiger partial charge in [0, 0.05) is 17.7 Å². The third-order valence-corrected chi connectivity index (χ3v) is 7.05. The lowest BCUT2D eigenvalue weighted by atomic mass is 10.1. The van der Waals surface area contributed by atoms with Crippen LogP contribution in [0.2, 0.25) is 0 Å². The Bertz CT molecular complexity index is 1230. The molecule has 3 N–H and O–H groups in total. The predicted molar refractivity (Wildman–Crippen MR) is 124 cm³/mol. The van der Waals surface area contributed by atoms with Crippen molar-refractivity contribution in [3.05, 3.63) is 89.5 Å². The van der Waals surface area contributed by atoms with Crippen LogP contribution >= 0.6 is 0 Å². The largest absolute Gasteiger partial charge is 0.497 e. The lowest BCUT2D eigenvalue weighted by molar-refractivity contribution is 0.0922. The SMILES string of the molecule is COc1cc(OC)cc(C(=O)NN[C@H]2c3ccccc3C[C@H]2NS(=O)(=O)c2ccccc2)c1. The second-order valence-electron chi connectivity index (χ2n) is 7.62. The fourth-order valence-electron chi connectivity index (χ4n) is 3.90. The highest BCUT2D eigenvalue weighted by atomic mass is 32.2. The number of carbonyl (C=O) groups is 1. The molecule has 172 valence electrons. The van der Waals surface area contributed by atoms with Crippen LogP contribution in [-0.2, 0) is 16.4 Å². The normalized spacial score (nSPS) is 17.3. The highest BCUT2D eigenvalue weighted by Crippen LogP contribution is 2.32. The molecule has 0 fully saturated rings. The molecule has 8 nitrogen and oxygen atoms in total. The van der Waals surface area contributed by atoms with Crippen LogP contribution < -0.4 is 25.0 Å². The molecule has 4 rings (SSSR count). The number of benzene rings is 3. The molecular weight excluding hydrogens is 442 g/mol. The summed E-state index contributed by atoms with van der Waals surface area (Å²) < 4.78 is 39.1. The Labute approximate surface area is 192 Å². The standard InChI is InChI=1S/C24H25N3O5S/c1-31-18-12-17(13-19(15-18)32-2)24(28)26-25-23-21-11-7-6-8-16(21)14-22(23)27-33(29,30)20-9-4-3-5-10-20/h3-13,15,22-23,25,27H,14H2,1-2H3,(H,26,28)/t22-,23+/m1/s1. The van der Waals surface area contributed by atoms with Crippen LogP contribution in [-0.4, -0.2) is 34.6 Å². The van der Waals surface area contributed by atoms with Crippen molar-refractivity contribution in [2.75, 3.05) is 14.2 Å². The molecule has 3 aromatic carbocycles. The van der Waals surface area contributed by atoms with Gasteiger partial charge in [0.05, 0.1) is 25.2 Å². The molecule has 33 heavy (non-hydrogen) atoms. The molecule has 0 saturated heterocycles. The minimum atomic E-state index is -3.74. The summed E-state index contributed by atoms with van der Waals surface area (Å²) >= 11 is 0. The first-order valence-corrected chi connectivity index (χ1v) is 11.8. The third-order valence-electron chi connectivity index (χ3n) is 5.55. The van der Waals surface area contributed by atoms with Crippen LogP contribution in [0.1, 0.15) is 27.5 Å². The van der Waals surface area contributed by atoms with E-state index in [2.05, 4.69) is 15.6 Å². The van der Waals surface area contributed by atoms with Gasteiger partial charge in [0.2, 0.25) is 10.0 Å². The summed E-state index contributed by atoms with van der Waals surface area (Å²) in [5, 5.41) is 0. The fourth-order valence-corrected chi connectivity index (χ4v) is 5.17. The number of hydrogen-bond acceptors (Lipinski definition) is 6. The minimum absolute atomic E-state index is 0.187. The number of fused-ring (bicyclic) bond motifs is 1. The van der Waals surface area contributed by atoms with E-state index >= 15 is 0 Å². The number of ether oxygens (including phenoxy) is 2. The van der Waals surface area contributed by atoms with Crippen molar-refractivity contribution in [1.29, 1.82) is 0 Å². The van der Waals surface area contributed by atoms with E-state index in [-0.39, 0.29) is 4.90 Å². The van der Waals surface area contributed by atoms with Crippen LogP contribution in [0.3, 0.4) is 0 Å². The summed E-state index contributed by atoms with van der Waals surface area (Å²) in [5.41, 5.74) is 8.00. The molecule has 0 unspecified atom stereocenters. The van der Waals surface area contributed by atoms with E-state index in [0.717, 1.165) is 11.1 Å². The molecule has 0 aliphatic heterocycles. The maximum Gasteiger partial charge on any atom is 0.265 e. The average Bonchev–Trinajstić information content (AvgIpc) is 3.18. The lowest BCUT2D eigenvalue weighted by Gasteiger charge is -2.23. The van der Waals surface area contributed by atoms with E-state index < -0.39 is 28.0 Å². The van der Waals surface area contributed by atoms with Crippen LogP contribution in [0, 0.1) is 0 Å². The Morgan fingerprint density at radius 1 is 0.909 bits per heavy atom. The molecule has 9 heteroatoms. The maximum atomic E-state index is 12.9. The number of nitrogens with one attached hydrogen (secondary N) is 3. The van der Waals surface area contributed by atoms with Crippen LogP contribution in [0.15, 0.2) is 77.7 Å². The van der Waals surface area contributed by atoms with Crippen molar-refractivity contribution in [3.8, 4) is 11.5 Å². The van der Waals surface area contributed by atoms with Crippen molar-refractivity contribution in [3.63, 3.8) is 0 Å². The number of hydrogen-bond donors (Lipinski definition) is 3. The van der Waals surface area contributed by atoms with Crippen molar-refractivity contribution in [1.82, 2.24) is 15.6 Å². The smallest absolute Gasteiger partial charge is 0.265 e. The number of rotatable bonds is 8. The molecule has 3 aromatic rings. The third kappa shape index (κ3) is 5.00. The van der Waals surface area contributed by atoms with Gasteiger partial charge in [0.1, 0.15) is 11.5 Å². The second-order valence-corrected chi connectivity index (χ2v) is 9.34. The Hall–Kier alpha value is -3.40. The van der Waals surface area contributed by atoms with Crippen LogP contribution in [0.5, 0.6) is 11.5 Å². The van der Waals surface area contributed by atoms with E-state index in [0.29, 0.717) is 23.5 Å². The summed E-state index contributed by atoms with van der Waals surface area (Å²) in [4.78, 5) is 13.0. The van der Waals surface area contributed by atoms with E-state index in [1.54, 1.807) is 48.5 Å². The van der Waals surface area contributed by atoms with Gasteiger partial charge in [-0.1, -0.05) is 42.5 Å². The van der Waals surface area contributed by atoms with Gasteiger partial charge in [-0.25, -0.2) is 18.6 Å². The van der Waals surface area contributed by atoms with Gasteiger partial charge in [-0.3, -0.25) is 10.2 Å². The van der Waals surface area contributed by atoms with Crippen LogP contribution in [0.4, 0.5) is 0 Å². The highest BCUT2D eigenvalue weighted by Gasteiger charge is 2.35. The Balaban J connectivity index is 1.54. The van der Waals surface area contributed by atoms with Crippen molar-refractivity contribution < 1.29 is 22.7 Å². The van der Waals surface area contributed by atoms with E-state index in [1.807, 2.05) is 24.3 Å². The number of sulfonamides is 1. The van der Waals surface area contributed by atoms with Crippen molar-refractivity contribution in [2.24, 2.45) is 0 Å². The molecule has 2 atom stereocenters. The van der Waals surface area contributed by atoms with Gasteiger partial charge in [0.25, 0.3) is 5.91 Å². The molecule has 0 radical (unpaired) electrons. The monoisotopic (exact) mass is 467 g/mol. The first kappa shape index (κ1) is 22.8. The number of carbonyl (C=O) groups excluding carboxylic acids is 1. The van der Waals surface area contributed by atoms with Gasteiger partial charge in [0.15, 0.2) is 0 Å². The first-order valence-electron chi connectivity index (χ1n) is 10.4. The number of hydrazine groups is 1. The summed E-state index contributed by atoms with van der Waals surface area (Å²) in [6.07, 6.45) is 0.489. The minimum Gasteiger partial charge on any atom is -0.497 e. The maximum absolute atomic E-state index is 12.9. The summed E-state index contributed by atoms with van der Waals surface area (Å²) in [6, 6.07) is 19.8. The zero-order valence-corrected chi connectivity index (χ0v) is 19.1. The van der Waals surface area contributed by atoms with E-state index in [4.69, 9.17) is 9.47 Å². The summed E-state index contributed by atoms with van der Waals surface area (Å²) in [6.45, 7) is 0. The molecule has 1 aliphatic carbocycles.